The Morgan fingerprint density at radius 2 is 1.68 bits per heavy atom. The van der Waals surface area contributed by atoms with E-state index in [4.69, 9.17) is 4.74 Å². The molecule has 0 saturated carbocycles. The predicted octanol–water partition coefficient (Wildman–Crippen LogP) is 4.31. The summed E-state index contributed by atoms with van der Waals surface area (Å²) in [6, 6.07) is 15.0. The normalized spacial score (nSPS) is 11.9. The number of nitrogens with zero attached hydrogens (tertiary/aromatic N) is 1. The number of aliphatic hydroxyl groups excluding tert-OH is 1. The van der Waals surface area contributed by atoms with Gasteiger partial charge < -0.3 is 9.84 Å². The first-order valence-electron chi connectivity index (χ1n) is 10.8. The van der Waals surface area contributed by atoms with Gasteiger partial charge in [-0.3, -0.25) is 5.32 Å². The van der Waals surface area contributed by atoms with Crippen molar-refractivity contribution in [2.75, 3.05) is 11.9 Å². The van der Waals surface area contributed by atoms with Gasteiger partial charge in [-0.2, -0.15) is 0 Å². The largest absolute Gasteiger partial charge is 0.444 e. The third-order valence-corrected chi connectivity index (χ3v) is 6.87. The molecule has 0 saturated heterocycles. The second-order valence-corrected chi connectivity index (χ2v) is 11.5. The van der Waals surface area contributed by atoms with Crippen molar-refractivity contribution in [2.45, 2.75) is 45.1 Å². The standard InChI is InChI=1S/C24H29N3O5S2/c1-24(2,3)32-23(29)27-22-25-14-19(33-22)15-26-34(30,31)16-18-9-5-7-11-21(18)20-10-6-4-8-17(20)12-13-28/h4-11,14,26,28H,12-13,15-16H2,1-3H3,(H,25,27,29). The van der Waals surface area contributed by atoms with Gasteiger partial charge in [-0.25, -0.2) is 22.9 Å². The van der Waals surface area contributed by atoms with E-state index in [1.165, 1.54) is 17.5 Å². The Hall–Kier alpha value is -2.79. The first kappa shape index (κ1) is 25.8. The minimum absolute atomic E-state index is 0.0126. The van der Waals surface area contributed by atoms with Gasteiger partial charge in [-0.05, 0) is 49.4 Å². The van der Waals surface area contributed by atoms with Crippen LogP contribution in [0.4, 0.5) is 9.93 Å². The van der Waals surface area contributed by atoms with Gasteiger partial charge in [0.25, 0.3) is 0 Å². The Morgan fingerprint density at radius 1 is 1.06 bits per heavy atom. The Bertz CT molecular complexity index is 1230. The number of anilines is 1. The molecule has 3 rings (SSSR count). The number of rotatable bonds is 9. The lowest BCUT2D eigenvalue weighted by molar-refractivity contribution is 0.0636. The zero-order chi connectivity index (χ0) is 24.8. The van der Waals surface area contributed by atoms with Crippen LogP contribution in [0.1, 0.15) is 36.8 Å². The first-order chi connectivity index (χ1) is 16.1. The van der Waals surface area contributed by atoms with E-state index in [1.54, 1.807) is 32.9 Å². The summed E-state index contributed by atoms with van der Waals surface area (Å²) in [6.45, 7) is 5.35. The van der Waals surface area contributed by atoms with E-state index in [9.17, 15) is 18.3 Å². The number of aliphatic hydroxyl groups is 1. The molecule has 0 atom stereocenters. The van der Waals surface area contributed by atoms with Gasteiger partial charge in [0.2, 0.25) is 10.0 Å². The summed E-state index contributed by atoms with van der Waals surface area (Å²) in [5.74, 6) is -0.196. The molecule has 3 N–H and O–H groups in total. The quantitative estimate of drug-likeness (QED) is 0.401. The summed E-state index contributed by atoms with van der Waals surface area (Å²) in [5.41, 5.74) is 2.71. The minimum Gasteiger partial charge on any atom is -0.444 e. The Balaban J connectivity index is 1.68. The lowest BCUT2D eigenvalue weighted by atomic mass is 9.95. The van der Waals surface area contributed by atoms with Crippen LogP contribution in [-0.4, -0.2) is 36.8 Å². The molecule has 0 unspecified atom stereocenters. The number of amides is 1. The second-order valence-electron chi connectivity index (χ2n) is 8.63. The fourth-order valence-electron chi connectivity index (χ4n) is 3.31. The van der Waals surface area contributed by atoms with Crippen LogP contribution in [0.15, 0.2) is 54.7 Å². The number of hydrogen-bond donors (Lipinski definition) is 3. The van der Waals surface area contributed by atoms with Crippen LogP contribution < -0.4 is 10.0 Å². The van der Waals surface area contributed by atoms with Crippen molar-refractivity contribution in [3.05, 3.63) is 70.7 Å². The smallest absolute Gasteiger partial charge is 0.413 e. The number of benzene rings is 2. The molecule has 0 aliphatic heterocycles. The van der Waals surface area contributed by atoms with Crippen LogP contribution in [0.2, 0.25) is 0 Å². The van der Waals surface area contributed by atoms with Crippen molar-refractivity contribution in [3.8, 4) is 11.1 Å². The number of sulfonamides is 1. The fraction of sp³-hybridized carbons (Fsp3) is 0.333. The van der Waals surface area contributed by atoms with Crippen molar-refractivity contribution in [1.82, 2.24) is 9.71 Å². The molecule has 3 aromatic rings. The van der Waals surface area contributed by atoms with Gasteiger partial charge in [-0.1, -0.05) is 48.5 Å². The van der Waals surface area contributed by atoms with Crippen LogP contribution >= 0.6 is 11.3 Å². The predicted molar refractivity (Wildman–Crippen MR) is 134 cm³/mol. The Kier molecular flexibility index (Phi) is 8.42. The summed E-state index contributed by atoms with van der Waals surface area (Å²) in [7, 11) is -3.66. The van der Waals surface area contributed by atoms with Gasteiger partial charge in [-0.15, -0.1) is 11.3 Å². The second kappa shape index (κ2) is 11.1. The van der Waals surface area contributed by atoms with Crippen molar-refractivity contribution in [2.24, 2.45) is 0 Å². The molecular weight excluding hydrogens is 474 g/mol. The molecule has 2 aromatic carbocycles. The maximum atomic E-state index is 12.9. The monoisotopic (exact) mass is 503 g/mol. The van der Waals surface area contributed by atoms with E-state index < -0.39 is 21.7 Å². The molecule has 0 fully saturated rings. The number of carbonyl (C=O) groups is 1. The highest BCUT2D eigenvalue weighted by atomic mass is 32.2. The number of nitrogens with one attached hydrogen (secondary N) is 2. The van der Waals surface area contributed by atoms with E-state index in [-0.39, 0.29) is 18.9 Å². The molecule has 0 bridgehead atoms. The molecule has 1 heterocycles. The van der Waals surface area contributed by atoms with E-state index >= 15 is 0 Å². The summed E-state index contributed by atoms with van der Waals surface area (Å²) in [6.07, 6.45) is 1.38. The van der Waals surface area contributed by atoms with E-state index in [0.29, 0.717) is 22.0 Å². The van der Waals surface area contributed by atoms with E-state index in [2.05, 4.69) is 15.0 Å². The van der Waals surface area contributed by atoms with Gasteiger partial charge in [0.15, 0.2) is 5.13 Å². The molecular formula is C24H29N3O5S2. The number of ether oxygens (including phenoxy) is 1. The molecule has 0 aliphatic carbocycles. The van der Waals surface area contributed by atoms with Crippen LogP contribution in [0, 0.1) is 0 Å². The number of aromatic nitrogens is 1. The van der Waals surface area contributed by atoms with Crippen LogP contribution in [0.3, 0.4) is 0 Å². The topological polar surface area (TPSA) is 118 Å². The summed E-state index contributed by atoms with van der Waals surface area (Å²) in [4.78, 5) is 16.6. The summed E-state index contributed by atoms with van der Waals surface area (Å²) in [5, 5.41) is 12.3. The van der Waals surface area contributed by atoms with Crippen molar-refractivity contribution < 1.29 is 23.1 Å². The minimum atomic E-state index is -3.66. The highest BCUT2D eigenvalue weighted by Crippen LogP contribution is 2.29. The number of carbonyl (C=O) groups excluding carboxylic acids is 1. The first-order valence-corrected chi connectivity index (χ1v) is 13.2. The summed E-state index contributed by atoms with van der Waals surface area (Å²) < 4.78 is 33.5. The SMILES string of the molecule is CC(C)(C)OC(=O)Nc1ncc(CNS(=O)(=O)Cc2ccccc2-c2ccccc2CCO)s1. The zero-order valence-corrected chi connectivity index (χ0v) is 21.0. The van der Waals surface area contributed by atoms with Crippen LogP contribution in [-0.2, 0) is 33.5 Å². The lowest BCUT2D eigenvalue weighted by Crippen LogP contribution is -2.27. The zero-order valence-electron chi connectivity index (χ0n) is 19.4. The molecule has 0 spiro atoms. The van der Waals surface area contributed by atoms with Gasteiger partial charge in [0.1, 0.15) is 5.60 Å². The van der Waals surface area contributed by atoms with Gasteiger partial charge >= 0.3 is 6.09 Å². The third kappa shape index (κ3) is 7.63. The number of thiazole rings is 1. The van der Waals surface area contributed by atoms with E-state index in [1.807, 2.05) is 36.4 Å². The Morgan fingerprint density at radius 3 is 2.32 bits per heavy atom. The molecule has 182 valence electrons. The van der Waals surface area contributed by atoms with Gasteiger partial charge in [0.05, 0.1) is 5.75 Å². The average Bonchev–Trinajstić information content (AvgIpc) is 3.19. The Labute approximate surface area is 204 Å². The molecule has 10 heteroatoms. The maximum absolute atomic E-state index is 12.9. The van der Waals surface area contributed by atoms with Crippen LogP contribution in [0.25, 0.3) is 11.1 Å². The molecule has 1 aromatic heterocycles. The highest BCUT2D eigenvalue weighted by Gasteiger charge is 2.19. The average molecular weight is 504 g/mol. The van der Waals surface area contributed by atoms with Crippen LogP contribution in [0.5, 0.6) is 0 Å². The van der Waals surface area contributed by atoms with Crippen molar-refractivity contribution in [3.63, 3.8) is 0 Å². The van der Waals surface area contributed by atoms with Crippen molar-refractivity contribution >= 4 is 32.6 Å². The number of hydrogen-bond acceptors (Lipinski definition) is 7. The molecule has 0 aliphatic rings. The molecule has 0 radical (unpaired) electrons. The summed E-state index contributed by atoms with van der Waals surface area (Å²) >= 11 is 1.17. The molecule has 8 nitrogen and oxygen atoms in total. The maximum Gasteiger partial charge on any atom is 0.413 e. The fourth-order valence-corrected chi connectivity index (χ4v) is 5.27. The highest BCUT2D eigenvalue weighted by molar-refractivity contribution is 7.88. The van der Waals surface area contributed by atoms with Gasteiger partial charge in [0, 0.05) is 24.2 Å². The molecule has 1 amide bonds. The van der Waals surface area contributed by atoms with E-state index in [0.717, 1.165) is 16.7 Å². The lowest BCUT2D eigenvalue weighted by Gasteiger charge is -2.18. The van der Waals surface area contributed by atoms with Crippen molar-refractivity contribution in [1.29, 1.82) is 0 Å². The molecule has 34 heavy (non-hydrogen) atoms. The third-order valence-electron chi connectivity index (χ3n) is 4.68.